The lowest BCUT2D eigenvalue weighted by Crippen LogP contribution is -2.13. The number of carbonyl (C=O) groups excluding carboxylic acids is 1. The Morgan fingerprint density at radius 1 is 1.08 bits per heavy atom. The lowest BCUT2D eigenvalue weighted by molar-refractivity contribution is -0.116. The largest absolute Gasteiger partial charge is 0.497 e. The highest BCUT2D eigenvalue weighted by molar-refractivity contribution is 5.95. The molecule has 0 radical (unpaired) electrons. The molecule has 2 aromatic carbocycles. The van der Waals surface area contributed by atoms with Crippen LogP contribution in [0.15, 0.2) is 65.5 Å². The molecule has 3 rings (SSSR count). The molecule has 0 fully saturated rings. The number of H-pyrrole nitrogens is 1. The number of rotatable bonds is 6. The van der Waals surface area contributed by atoms with E-state index in [0.717, 1.165) is 16.9 Å². The molecule has 3 aromatic rings. The molecule has 6 heteroatoms. The molecule has 0 bridgehead atoms. The standard InChI is InChI=1S/C20H19N3O3/c1-26-15-9-6-14(7-10-15)8-12-19(24)21-17-5-3-2-4-16(17)18-11-13-20(25)23-22-18/h2-7,9-11,13H,8,12H2,1H3,(H,21,24)(H,23,25). The molecule has 0 unspecified atom stereocenters. The molecule has 0 saturated carbocycles. The molecular formula is C20H19N3O3. The summed E-state index contributed by atoms with van der Waals surface area (Å²) < 4.78 is 5.13. The molecule has 6 nitrogen and oxygen atoms in total. The van der Waals surface area contributed by atoms with Crippen LogP contribution in [0.1, 0.15) is 12.0 Å². The summed E-state index contributed by atoms with van der Waals surface area (Å²) in [6.45, 7) is 0. The second-order valence-corrected chi connectivity index (χ2v) is 5.75. The van der Waals surface area contributed by atoms with Crippen molar-refractivity contribution in [2.75, 3.05) is 12.4 Å². The number of nitrogens with one attached hydrogen (secondary N) is 2. The Morgan fingerprint density at radius 3 is 2.54 bits per heavy atom. The molecule has 1 heterocycles. The molecule has 0 saturated heterocycles. The van der Waals surface area contributed by atoms with E-state index in [1.807, 2.05) is 48.5 Å². The minimum absolute atomic E-state index is 0.0855. The van der Waals surface area contributed by atoms with Crippen molar-refractivity contribution in [2.24, 2.45) is 0 Å². The van der Waals surface area contributed by atoms with Crippen LogP contribution in [0.3, 0.4) is 0 Å². The summed E-state index contributed by atoms with van der Waals surface area (Å²) >= 11 is 0. The van der Waals surface area contributed by atoms with Gasteiger partial charge in [-0.05, 0) is 36.2 Å². The van der Waals surface area contributed by atoms with Crippen molar-refractivity contribution < 1.29 is 9.53 Å². The number of aromatic amines is 1. The third kappa shape index (κ3) is 4.36. The van der Waals surface area contributed by atoms with Gasteiger partial charge in [0.2, 0.25) is 5.91 Å². The summed E-state index contributed by atoms with van der Waals surface area (Å²) in [7, 11) is 1.62. The van der Waals surface area contributed by atoms with Crippen molar-refractivity contribution in [2.45, 2.75) is 12.8 Å². The van der Waals surface area contributed by atoms with Crippen LogP contribution in [-0.4, -0.2) is 23.2 Å². The second kappa shape index (κ2) is 8.11. The van der Waals surface area contributed by atoms with Crippen LogP contribution < -0.4 is 15.6 Å². The van der Waals surface area contributed by atoms with E-state index in [1.165, 1.54) is 6.07 Å². The number of carbonyl (C=O) groups is 1. The van der Waals surface area contributed by atoms with Crippen molar-refractivity contribution >= 4 is 11.6 Å². The van der Waals surface area contributed by atoms with Gasteiger partial charge >= 0.3 is 0 Å². The van der Waals surface area contributed by atoms with E-state index in [2.05, 4.69) is 15.5 Å². The zero-order chi connectivity index (χ0) is 18.4. The summed E-state index contributed by atoms with van der Waals surface area (Å²) in [5, 5.41) is 9.35. The Balaban J connectivity index is 1.67. The van der Waals surface area contributed by atoms with Gasteiger partial charge in [0.15, 0.2) is 0 Å². The van der Waals surface area contributed by atoms with Gasteiger partial charge < -0.3 is 10.1 Å². The number of para-hydroxylation sites is 1. The third-order valence-corrected chi connectivity index (χ3v) is 3.96. The lowest BCUT2D eigenvalue weighted by Gasteiger charge is -2.10. The van der Waals surface area contributed by atoms with Gasteiger partial charge in [0.05, 0.1) is 18.5 Å². The fraction of sp³-hybridized carbons (Fsp3) is 0.150. The number of methoxy groups -OCH3 is 1. The van der Waals surface area contributed by atoms with Gasteiger partial charge in [0, 0.05) is 18.1 Å². The fourth-order valence-electron chi connectivity index (χ4n) is 2.57. The summed E-state index contributed by atoms with van der Waals surface area (Å²) in [4.78, 5) is 23.5. The van der Waals surface area contributed by atoms with Crippen molar-refractivity contribution in [1.29, 1.82) is 0 Å². The van der Waals surface area contributed by atoms with Gasteiger partial charge in [0.25, 0.3) is 5.56 Å². The molecule has 26 heavy (non-hydrogen) atoms. The Morgan fingerprint density at radius 2 is 1.85 bits per heavy atom. The van der Waals surface area contributed by atoms with E-state index in [4.69, 9.17) is 4.74 Å². The number of benzene rings is 2. The highest BCUT2D eigenvalue weighted by Crippen LogP contribution is 2.25. The summed E-state index contributed by atoms with van der Waals surface area (Å²) in [6, 6.07) is 18.0. The summed E-state index contributed by atoms with van der Waals surface area (Å²) in [5.41, 5.74) is 2.80. The van der Waals surface area contributed by atoms with Crippen molar-refractivity contribution in [1.82, 2.24) is 10.2 Å². The average molecular weight is 349 g/mol. The van der Waals surface area contributed by atoms with Crippen LogP contribution in [0.4, 0.5) is 5.69 Å². The molecule has 0 atom stereocenters. The Kier molecular flexibility index (Phi) is 5.43. The monoisotopic (exact) mass is 349 g/mol. The van der Waals surface area contributed by atoms with Crippen LogP contribution in [-0.2, 0) is 11.2 Å². The van der Waals surface area contributed by atoms with E-state index < -0.39 is 0 Å². The highest BCUT2D eigenvalue weighted by atomic mass is 16.5. The van der Waals surface area contributed by atoms with Gasteiger partial charge in [-0.3, -0.25) is 9.59 Å². The van der Waals surface area contributed by atoms with Crippen LogP contribution in [0, 0.1) is 0 Å². The van der Waals surface area contributed by atoms with E-state index >= 15 is 0 Å². The zero-order valence-corrected chi connectivity index (χ0v) is 14.4. The predicted octanol–water partition coefficient (Wildman–Crippen LogP) is 3.02. The lowest BCUT2D eigenvalue weighted by atomic mass is 10.1. The first-order chi connectivity index (χ1) is 12.7. The second-order valence-electron chi connectivity index (χ2n) is 5.75. The number of amides is 1. The Labute approximate surface area is 150 Å². The fourth-order valence-corrected chi connectivity index (χ4v) is 2.57. The first-order valence-electron chi connectivity index (χ1n) is 8.23. The topological polar surface area (TPSA) is 84.1 Å². The molecule has 0 aliphatic rings. The molecule has 0 aliphatic heterocycles. The first kappa shape index (κ1) is 17.4. The van der Waals surface area contributed by atoms with Crippen LogP contribution in [0.25, 0.3) is 11.3 Å². The maximum Gasteiger partial charge on any atom is 0.264 e. The molecule has 1 aromatic heterocycles. The minimum Gasteiger partial charge on any atom is -0.497 e. The highest BCUT2D eigenvalue weighted by Gasteiger charge is 2.10. The molecule has 132 valence electrons. The van der Waals surface area contributed by atoms with Gasteiger partial charge in [-0.15, -0.1) is 0 Å². The van der Waals surface area contributed by atoms with Gasteiger partial charge in [-0.1, -0.05) is 30.3 Å². The van der Waals surface area contributed by atoms with Crippen LogP contribution in [0.5, 0.6) is 5.75 Å². The number of hydrogen-bond acceptors (Lipinski definition) is 4. The smallest absolute Gasteiger partial charge is 0.264 e. The van der Waals surface area contributed by atoms with Crippen molar-refractivity contribution in [3.05, 3.63) is 76.6 Å². The van der Waals surface area contributed by atoms with E-state index in [-0.39, 0.29) is 11.5 Å². The normalized spacial score (nSPS) is 10.3. The number of aryl methyl sites for hydroxylation is 1. The number of hydrogen-bond donors (Lipinski definition) is 2. The van der Waals surface area contributed by atoms with Gasteiger partial charge in [-0.25, -0.2) is 5.10 Å². The van der Waals surface area contributed by atoms with Gasteiger partial charge in [0.1, 0.15) is 5.75 Å². The van der Waals surface area contributed by atoms with E-state index in [9.17, 15) is 9.59 Å². The summed E-state index contributed by atoms with van der Waals surface area (Å²) in [6.07, 6.45) is 0.995. The molecule has 0 aliphatic carbocycles. The SMILES string of the molecule is COc1ccc(CCC(=O)Nc2ccccc2-c2ccc(=O)[nH]n2)cc1. The molecule has 2 N–H and O–H groups in total. The maximum absolute atomic E-state index is 12.3. The molecular weight excluding hydrogens is 330 g/mol. The van der Waals surface area contributed by atoms with E-state index in [1.54, 1.807) is 13.2 Å². The summed E-state index contributed by atoms with van der Waals surface area (Å²) in [5.74, 6) is 0.707. The van der Waals surface area contributed by atoms with Crippen molar-refractivity contribution in [3.63, 3.8) is 0 Å². The number of aromatic nitrogens is 2. The number of nitrogens with zero attached hydrogens (tertiary/aromatic N) is 1. The van der Waals surface area contributed by atoms with E-state index in [0.29, 0.717) is 24.2 Å². The average Bonchev–Trinajstić information content (AvgIpc) is 2.68. The number of anilines is 1. The van der Waals surface area contributed by atoms with Crippen molar-refractivity contribution in [3.8, 4) is 17.0 Å². The minimum atomic E-state index is -0.269. The van der Waals surface area contributed by atoms with Gasteiger partial charge in [-0.2, -0.15) is 5.10 Å². The number of ether oxygens (including phenoxy) is 1. The maximum atomic E-state index is 12.3. The molecule has 0 spiro atoms. The third-order valence-electron chi connectivity index (χ3n) is 3.96. The zero-order valence-electron chi connectivity index (χ0n) is 14.4. The first-order valence-corrected chi connectivity index (χ1v) is 8.23. The Hall–Kier alpha value is -3.41. The predicted molar refractivity (Wildman–Crippen MR) is 100 cm³/mol. The Bertz CT molecular complexity index is 929. The molecule has 1 amide bonds. The van der Waals surface area contributed by atoms with Crippen LogP contribution >= 0.6 is 0 Å². The van der Waals surface area contributed by atoms with Crippen LogP contribution in [0.2, 0.25) is 0 Å². The quantitative estimate of drug-likeness (QED) is 0.716.